The molecule has 21 heavy (non-hydrogen) atoms. The van der Waals surface area contributed by atoms with Crippen molar-refractivity contribution >= 4 is 17.9 Å². The minimum atomic E-state index is -0.937. The van der Waals surface area contributed by atoms with Gasteiger partial charge in [-0.3, -0.25) is 14.9 Å². The second-order valence-corrected chi connectivity index (χ2v) is 6.07. The van der Waals surface area contributed by atoms with Crippen molar-refractivity contribution in [2.45, 2.75) is 64.8 Å². The van der Waals surface area contributed by atoms with Gasteiger partial charge in [0.25, 0.3) is 0 Å². The highest BCUT2D eigenvalue weighted by atomic mass is 16.4. The Balaban J connectivity index is 2.29. The fraction of sp³-hybridized carbons (Fsp3) is 0.800. The molecule has 0 aliphatic heterocycles. The van der Waals surface area contributed by atoms with E-state index in [9.17, 15) is 14.4 Å². The van der Waals surface area contributed by atoms with Crippen LogP contribution in [0.1, 0.15) is 58.8 Å². The van der Waals surface area contributed by atoms with E-state index in [1.807, 2.05) is 0 Å². The van der Waals surface area contributed by atoms with Crippen LogP contribution in [0.15, 0.2) is 0 Å². The molecule has 1 aliphatic rings. The van der Waals surface area contributed by atoms with Gasteiger partial charge in [-0.25, -0.2) is 4.79 Å². The lowest BCUT2D eigenvalue weighted by molar-refractivity contribution is -0.138. The quantitative estimate of drug-likeness (QED) is 0.701. The largest absolute Gasteiger partial charge is 0.481 e. The molecule has 0 saturated heterocycles. The van der Waals surface area contributed by atoms with Gasteiger partial charge in [-0.2, -0.15) is 0 Å². The Labute approximate surface area is 125 Å². The van der Waals surface area contributed by atoms with Gasteiger partial charge in [0.15, 0.2) is 0 Å². The van der Waals surface area contributed by atoms with Crippen LogP contribution in [0, 0.1) is 11.8 Å². The summed E-state index contributed by atoms with van der Waals surface area (Å²) in [5, 5.41) is 13.8. The van der Waals surface area contributed by atoms with Crippen molar-refractivity contribution in [1.29, 1.82) is 0 Å². The van der Waals surface area contributed by atoms with Crippen LogP contribution in [0.25, 0.3) is 0 Å². The molecule has 1 fully saturated rings. The Morgan fingerprint density at radius 3 is 2.57 bits per heavy atom. The highest BCUT2D eigenvalue weighted by Gasteiger charge is 2.23. The summed E-state index contributed by atoms with van der Waals surface area (Å²) in [6.07, 6.45) is 5.32. The van der Waals surface area contributed by atoms with Crippen LogP contribution in [0.3, 0.4) is 0 Å². The van der Waals surface area contributed by atoms with Crippen LogP contribution in [0.4, 0.5) is 4.79 Å². The third kappa shape index (κ3) is 7.11. The van der Waals surface area contributed by atoms with Crippen molar-refractivity contribution in [2.75, 3.05) is 0 Å². The molecular formula is C15H26N2O4. The van der Waals surface area contributed by atoms with Gasteiger partial charge in [-0.1, -0.05) is 33.1 Å². The number of carboxylic acids is 1. The summed E-state index contributed by atoms with van der Waals surface area (Å²) in [5.41, 5.74) is 0. The number of hydrogen-bond donors (Lipinski definition) is 3. The highest BCUT2D eigenvalue weighted by Crippen LogP contribution is 2.26. The van der Waals surface area contributed by atoms with Gasteiger partial charge in [0.05, 0.1) is 0 Å². The van der Waals surface area contributed by atoms with Crippen LogP contribution >= 0.6 is 0 Å². The molecule has 1 aliphatic carbocycles. The maximum absolute atomic E-state index is 11.8. The van der Waals surface area contributed by atoms with Crippen LogP contribution < -0.4 is 10.6 Å². The van der Waals surface area contributed by atoms with E-state index in [-0.39, 0.29) is 24.8 Å². The van der Waals surface area contributed by atoms with E-state index in [0.29, 0.717) is 5.92 Å². The average molecular weight is 298 g/mol. The Morgan fingerprint density at radius 2 is 1.95 bits per heavy atom. The van der Waals surface area contributed by atoms with Gasteiger partial charge in [-0.15, -0.1) is 0 Å². The summed E-state index contributed by atoms with van der Waals surface area (Å²) in [7, 11) is 0. The predicted molar refractivity (Wildman–Crippen MR) is 78.7 cm³/mol. The second kappa shape index (κ2) is 8.64. The monoisotopic (exact) mass is 298 g/mol. The van der Waals surface area contributed by atoms with Gasteiger partial charge in [-0.05, 0) is 24.7 Å². The maximum atomic E-state index is 11.8. The van der Waals surface area contributed by atoms with Crippen molar-refractivity contribution < 1.29 is 19.5 Å². The van der Waals surface area contributed by atoms with E-state index < -0.39 is 17.9 Å². The van der Waals surface area contributed by atoms with Crippen LogP contribution in [0.2, 0.25) is 0 Å². The summed E-state index contributed by atoms with van der Waals surface area (Å²) >= 11 is 0. The molecule has 6 heteroatoms. The Bertz CT molecular complexity index is 384. The number of urea groups is 1. The molecule has 0 bridgehead atoms. The van der Waals surface area contributed by atoms with Crippen molar-refractivity contribution in [3.05, 3.63) is 0 Å². The molecule has 0 aromatic carbocycles. The SMILES string of the molecule is CCC1CCCC(NC(=O)NC(=O)CC(C)CC(=O)O)C1. The molecule has 3 unspecified atom stereocenters. The third-order valence-electron chi connectivity index (χ3n) is 4.01. The molecular weight excluding hydrogens is 272 g/mol. The number of imide groups is 1. The summed E-state index contributed by atoms with van der Waals surface area (Å²) in [4.78, 5) is 33.9. The van der Waals surface area contributed by atoms with E-state index in [1.165, 1.54) is 6.42 Å². The van der Waals surface area contributed by atoms with E-state index in [2.05, 4.69) is 17.6 Å². The number of nitrogens with one attached hydrogen (secondary N) is 2. The van der Waals surface area contributed by atoms with Crippen LogP contribution in [-0.4, -0.2) is 29.1 Å². The van der Waals surface area contributed by atoms with Crippen LogP contribution in [-0.2, 0) is 9.59 Å². The lowest BCUT2D eigenvalue weighted by Gasteiger charge is -2.29. The summed E-state index contributed by atoms with van der Waals surface area (Å²) in [5.74, 6) is -0.999. The molecule has 0 radical (unpaired) electrons. The molecule has 0 heterocycles. The Kier molecular flexibility index (Phi) is 7.19. The molecule has 3 atom stereocenters. The first-order chi connectivity index (χ1) is 9.90. The van der Waals surface area contributed by atoms with E-state index in [4.69, 9.17) is 5.11 Å². The number of carbonyl (C=O) groups is 3. The second-order valence-electron chi connectivity index (χ2n) is 6.07. The third-order valence-corrected chi connectivity index (χ3v) is 4.01. The maximum Gasteiger partial charge on any atom is 0.321 e. The zero-order valence-electron chi connectivity index (χ0n) is 12.9. The predicted octanol–water partition coefficient (Wildman–Crippen LogP) is 2.28. The standard InChI is InChI=1S/C15H26N2O4/c1-3-11-5-4-6-12(9-11)16-15(21)17-13(18)7-10(2)8-14(19)20/h10-12H,3-9H2,1-2H3,(H,19,20)(H2,16,17,18,21). The van der Waals surface area contributed by atoms with Gasteiger partial charge >= 0.3 is 12.0 Å². The van der Waals surface area contributed by atoms with E-state index >= 15 is 0 Å². The molecule has 6 nitrogen and oxygen atoms in total. The first kappa shape index (κ1) is 17.5. The smallest absolute Gasteiger partial charge is 0.321 e. The first-order valence-corrected chi connectivity index (χ1v) is 7.72. The summed E-state index contributed by atoms with van der Waals surface area (Å²) < 4.78 is 0. The Hall–Kier alpha value is -1.59. The van der Waals surface area contributed by atoms with Crippen molar-refractivity contribution in [3.8, 4) is 0 Å². The zero-order valence-corrected chi connectivity index (χ0v) is 12.9. The van der Waals surface area contributed by atoms with Crippen molar-refractivity contribution in [3.63, 3.8) is 0 Å². The lowest BCUT2D eigenvalue weighted by atomic mass is 9.84. The molecule has 3 amide bonds. The molecule has 0 aromatic rings. The van der Waals surface area contributed by atoms with E-state index in [0.717, 1.165) is 25.7 Å². The van der Waals surface area contributed by atoms with Crippen LogP contribution in [0.5, 0.6) is 0 Å². The number of carboxylic acid groups (broad SMARTS) is 1. The molecule has 3 N–H and O–H groups in total. The lowest BCUT2D eigenvalue weighted by Crippen LogP contribution is -2.46. The Morgan fingerprint density at radius 1 is 1.24 bits per heavy atom. The highest BCUT2D eigenvalue weighted by molar-refractivity contribution is 5.94. The minimum Gasteiger partial charge on any atom is -0.481 e. The fourth-order valence-electron chi connectivity index (χ4n) is 2.88. The first-order valence-electron chi connectivity index (χ1n) is 7.72. The number of carbonyl (C=O) groups excluding carboxylic acids is 2. The normalized spacial score (nSPS) is 23.1. The molecule has 1 saturated carbocycles. The van der Waals surface area contributed by atoms with Gasteiger partial charge < -0.3 is 10.4 Å². The molecule has 120 valence electrons. The number of aliphatic carboxylic acids is 1. The molecule has 1 rings (SSSR count). The number of amides is 3. The van der Waals surface area contributed by atoms with Gasteiger partial charge in [0, 0.05) is 18.9 Å². The number of rotatable bonds is 6. The molecule has 0 spiro atoms. The fourth-order valence-corrected chi connectivity index (χ4v) is 2.88. The van der Waals surface area contributed by atoms with Crippen molar-refractivity contribution in [2.24, 2.45) is 11.8 Å². The number of hydrogen-bond acceptors (Lipinski definition) is 3. The van der Waals surface area contributed by atoms with E-state index in [1.54, 1.807) is 6.92 Å². The molecule has 0 aromatic heterocycles. The van der Waals surface area contributed by atoms with Gasteiger partial charge in [0.2, 0.25) is 5.91 Å². The summed E-state index contributed by atoms with van der Waals surface area (Å²) in [6, 6.07) is -0.336. The zero-order chi connectivity index (χ0) is 15.8. The van der Waals surface area contributed by atoms with Gasteiger partial charge in [0.1, 0.15) is 0 Å². The topological polar surface area (TPSA) is 95.5 Å². The average Bonchev–Trinajstić information content (AvgIpc) is 2.37. The minimum absolute atomic E-state index is 0.0436. The van der Waals surface area contributed by atoms with Crippen molar-refractivity contribution in [1.82, 2.24) is 10.6 Å². The summed E-state index contributed by atoms with van der Waals surface area (Å²) in [6.45, 7) is 3.83.